The SMILES string of the molecule is Brc1cc(N(c2ccccc2)c2ccc3oc4ccccc4c3c2)cc(N(c2ccccc2)c2ccc3c4ccccc4n(-c4ccccc4)c3c2)c1.CC1(C)c2ccccc2-c2cc(N(c3cccc(-c4ccccc4)c3)c3cc(Br)cc(N(c4ccccc4)c4ccc5oc6ccccc6c5c4)c3)ccc21. The second kappa shape index (κ2) is 27.5. The first-order valence-corrected chi connectivity index (χ1v) is 38.0. The van der Waals surface area contributed by atoms with Crippen molar-refractivity contribution in [1.29, 1.82) is 0 Å². The number of aromatic nitrogens is 1. The number of halogens is 2. The van der Waals surface area contributed by atoms with E-state index in [0.29, 0.717) is 0 Å². The van der Waals surface area contributed by atoms with Crippen molar-refractivity contribution in [2.24, 2.45) is 0 Å². The van der Waals surface area contributed by atoms with Gasteiger partial charge in [0.15, 0.2) is 0 Å². The van der Waals surface area contributed by atoms with Gasteiger partial charge in [-0.2, -0.15) is 0 Å². The van der Waals surface area contributed by atoms with Crippen LogP contribution in [0.25, 0.3) is 93.6 Å². The number of para-hydroxylation sites is 7. The van der Waals surface area contributed by atoms with Gasteiger partial charge < -0.3 is 33.0 Å². The molecule has 9 heteroatoms. The molecule has 19 aromatic rings. The van der Waals surface area contributed by atoms with Gasteiger partial charge >= 0.3 is 0 Å². The maximum absolute atomic E-state index is 6.24. The molecule has 3 aromatic heterocycles. The maximum atomic E-state index is 6.24. The molecule has 1 aliphatic carbocycles. The maximum Gasteiger partial charge on any atom is 0.135 e. The summed E-state index contributed by atoms with van der Waals surface area (Å²) in [6.45, 7) is 4.67. The normalized spacial score (nSPS) is 12.1. The highest BCUT2D eigenvalue weighted by molar-refractivity contribution is 9.10. The van der Waals surface area contributed by atoms with Crippen LogP contribution in [0.4, 0.5) is 68.2 Å². The van der Waals surface area contributed by atoms with Crippen LogP contribution in [0.3, 0.4) is 0 Å². The number of rotatable bonds is 14. The second-order valence-electron chi connectivity index (χ2n) is 27.9. The molecule has 0 amide bonds. The third-order valence-electron chi connectivity index (χ3n) is 21.0. The molecule has 0 N–H and O–H groups in total. The highest BCUT2D eigenvalue weighted by Crippen LogP contribution is 2.53. The smallest absolute Gasteiger partial charge is 0.135 e. The summed E-state index contributed by atoms with van der Waals surface area (Å²) >= 11 is 7.91. The zero-order valence-corrected chi connectivity index (χ0v) is 62.4. The quantitative estimate of drug-likeness (QED) is 0.108. The molecule has 0 bridgehead atoms. The van der Waals surface area contributed by atoms with E-state index in [1.807, 2.05) is 24.3 Å². The topological polar surface area (TPSA) is 44.2 Å². The van der Waals surface area contributed by atoms with Crippen LogP contribution in [0.5, 0.6) is 0 Å². The Labute approximate surface area is 643 Å². The van der Waals surface area contributed by atoms with Crippen LogP contribution >= 0.6 is 31.9 Å². The van der Waals surface area contributed by atoms with Crippen LogP contribution in [0.15, 0.2) is 400 Å². The molecule has 3 heterocycles. The first-order chi connectivity index (χ1) is 53.1. The Hall–Kier alpha value is -12.9. The molecule has 7 nitrogen and oxygen atoms in total. The summed E-state index contributed by atoms with van der Waals surface area (Å²) < 4.78 is 16.8. The van der Waals surface area contributed by atoms with E-state index in [4.69, 9.17) is 8.83 Å². The standard InChI is InChI=1S/C51H37BrN2O.C48H32BrN3O/c1-51(2)47-22-11-9-20-43(47)45-32-39(24-26-48(45)51)54(38-19-13-16-35(28-38)34-14-5-3-6-15-34)42-30-36(52)29-41(31-42)53(37-17-7-4-8-18-37)40-25-27-50-46(33-40)44-21-10-12-23-49(44)55-50;49-33-28-39(50(34-14-4-1-5-15-34)37-25-27-48-44(31-37)43-21-11-13-23-47(43)53-48)30-40(29-33)51(35-16-6-2-7-17-35)38-24-26-42-41-20-10-12-22-45(41)52(46(42)32-38)36-18-8-3-9-19-36/h3-33H,1-2H3;1-32H. The van der Waals surface area contributed by atoms with Gasteiger partial charge in [0.1, 0.15) is 22.3 Å². The van der Waals surface area contributed by atoms with Crippen LogP contribution in [-0.2, 0) is 5.41 Å². The number of hydrogen-bond donors (Lipinski definition) is 0. The third kappa shape index (κ3) is 11.9. The zero-order chi connectivity index (χ0) is 72.4. The van der Waals surface area contributed by atoms with E-state index in [1.54, 1.807) is 0 Å². The van der Waals surface area contributed by atoms with Gasteiger partial charge in [0, 0.05) is 121 Å². The third-order valence-corrected chi connectivity index (χ3v) is 21.9. The minimum atomic E-state index is -0.0803. The number of furan rings is 2. The van der Waals surface area contributed by atoms with Crippen molar-refractivity contribution in [2.45, 2.75) is 19.3 Å². The Morgan fingerprint density at radius 1 is 0.241 bits per heavy atom. The fraction of sp³-hybridized carbons (Fsp3) is 0.0303. The molecule has 0 saturated heterocycles. The molecule has 0 aliphatic heterocycles. The zero-order valence-electron chi connectivity index (χ0n) is 59.2. The van der Waals surface area contributed by atoms with Crippen LogP contribution in [0.1, 0.15) is 25.0 Å². The molecule has 0 spiro atoms. The van der Waals surface area contributed by atoms with Crippen LogP contribution in [0, 0.1) is 0 Å². The van der Waals surface area contributed by atoms with Gasteiger partial charge in [0.05, 0.1) is 11.0 Å². The van der Waals surface area contributed by atoms with E-state index >= 15 is 0 Å². The van der Waals surface area contributed by atoms with Crippen LogP contribution in [-0.4, -0.2) is 4.57 Å². The van der Waals surface area contributed by atoms with Gasteiger partial charge in [-0.3, -0.25) is 0 Å². The number of nitrogens with zero attached hydrogens (tertiary/aromatic N) is 5. The summed E-state index contributed by atoms with van der Waals surface area (Å²) in [5, 5.41) is 6.83. The lowest BCUT2D eigenvalue weighted by Crippen LogP contribution is -2.16. The van der Waals surface area contributed by atoms with E-state index in [0.717, 1.165) is 138 Å². The minimum absolute atomic E-state index is 0.0803. The summed E-state index contributed by atoms with van der Waals surface area (Å²) in [6.07, 6.45) is 0. The molecule has 108 heavy (non-hydrogen) atoms. The highest BCUT2D eigenvalue weighted by Gasteiger charge is 2.36. The molecular weight excluding hydrogens is 1450 g/mol. The van der Waals surface area contributed by atoms with E-state index in [-0.39, 0.29) is 5.41 Å². The van der Waals surface area contributed by atoms with Gasteiger partial charge in [0.25, 0.3) is 0 Å². The number of benzene rings is 16. The first-order valence-electron chi connectivity index (χ1n) is 36.4. The largest absolute Gasteiger partial charge is 0.456 e. The predicted octanol–water partition coefficient (Wildman–Crippen LogP) is 29.6. The fourth-order valence-corrected chi connectivity index (χ4v) is 17.1. The van der Waals surface area contributed by atoms with Crippen molar-refractivity contribution in [1.82, 2.24) is 4.57 Å². The summed E-state index contributed by atoms with van der Waals surface area (Å²) in [5.74, 6) is 0. The lowest BCUT2D eigenvalue weighted by Gasteiger charge is -2.30. The Morgan fingerprint density at radius 3 is 1.18 bits per heavy atom. The molecule has 0 atom stereocenters. The summed E-state index contributed by atoms with van der Waals surface area (Å²) in [5.41, 5.74) is 27.2. The van der Waals surface area contributed by atoms with Crippen molar-refractivity contribution in [3.05, 3.63) is 402 Å². The van der Waals surface area contributed by atoms with E-state index in [2.05, 4.69) is 428 Å². The molecule has 1 aliphatic rings. The van der Waals surface area contributed by atoms with Gasteiger partial charge in [-0.15, -0.1) is 0 Å². The highest BCUT2D eigenvalue weighted by atomic mass is 79.9. The van der Waals surface area contributed by atoms with Crippen molar-refractivity contribution >= 4 is 166 Å². The number of fused-ring (bicyclic) bond motifs is 12. The lowest BCUT2D eigenvalue weighted by molar-refractivity contribution is 0.660. The van der Waals surface area contributed by atoms with Gasteiger partial charge in [0.2, 0.25) is 0 Å². The minimum Gasteiger partial charge on any atom is -0.456 e. The average Bonchev–Trinajstić information content (AvgIpc) is 1.57. The lowest BCUT2D eigenvalue weighted by atomic mass is 9.82. The summed E-state index contributed by atoms with van der Waals surface area (Å²) in [4.78, 5) is 9.38. The predicted molar refractivity (Wildman–Crippen MR) is 459 cm³/mol. The van der Waals surface area contributed by atoms with E-state index in [9.17, 15) is 0 Å². The Morgan fingerprint density at radius 2 is 0.620 bits per heavy atom. The molecule has 20 rings (SSSR count). The van der Waals surface area contributed by atoms with Crippen molar-refractivity contribution in [2.75, 3.05) is 19.6 Å². The monoisotopic (exact) mass is 1520 g/mol. The molecule has 0 saturated carbocycles. The molecule has 0 radical (unpaired) electrons. The average molecular weight is 1520 g/mol. The number of anilines is 12. The van der Waals surface area contributed by atoms with Crippen molar-refractivity contribution < 1.29 is 8.83 Å². The number of hydrogen-bond acceptors (Lipinski definition) is 6. The van der Waals surface area contributed by atoms with Crippen LogP contribution < -0.4 is 19.6 Å². The van der Waals surface area contributed by atoms with E-state index in [1.165, 1.54) is 44.1 Å². The van der Waals surface area contributed by atoms with Gasteiger partial charge in [-0.1, -0.05) is 252 Å². The Balaban J connectivity index is 0.000000147. The van der Waals surface area contributed by atoms with Crippen molar-refractivity contribution in [3.8, 4) is 27.9 Å². The van der Waals surface area contributed by atoms with Gasteiger partial charge in [-0.25, -0.2) is 0 Å². The molecule has 16 aromatic carbocycles. The Bertz CT molecular complexity index is 6590. The second-order valence-corrected chi connectivity index (χ2v) is 29.8. The molecule has 516 valence electrons. The Kier molecular flexibility index (Phi) is 16.8. The van der Waals surface area contributed by atoms with Gasteiger partial charge in [-0.05, 0) is 209 Å². The molecular formula is C99H69Br2N5O2. The summed E-state index contributed by atoms with van der Waals surface area (Å²) in [6, 6.07) is 136. The molecule has 0 unspecified atom stereocenters. The first kappa shape index (κ1) is 65.8. The van der Waals surface area contributed by atoms with E-state index < -0.39 is 0 Å². The summed E-state index contributed by atoms with van der Waals surface area (Å²) in [7, 11) is 0. The van der Waals surface area contributed by atoms with Crippen LogP contribution in [0.2, 0.25) is 0 Å². The fourth-order valence-electron chi connectivity index (χ4n) is 16.1. The molecule has 0 fully saturated rings. The van der Waals surface area contributed by atoms with Crippen molar-refractivity contribution in [3.63, 3.8) is 0 Å².